The van der Waals surface area contributed by atoms with Crippen molar-refractivity contribution in [2.45, 2.75) is 33.1 Å². The molecule has 1 atom stereocenters. The number of carbonyl (C=O) groups excluding carboxylic acids is 2. The molecule has 5 heteroatoms. The van der Waals surface area contributed by atoms with Crippen LogP contribution in [0.3, 0.4) is 0 Å². The quantitative estimate of drug-likeness (QED) is 0.909. The molecule has 1 fully saturated rings. The van der Waals surface area contributed by atoms with Crippen LogP contribution in [-0.4, -0.2) is 41.3 Å². The van der Waals surface area contributed by atoms with Crippen LogP contribution in [0.5, 0.6) is 0 Å². The van der Waals surface area contributed by atoms with Crippen LogP contribution in [0.1, 0.15) is 31.0 Å². The molecular formula is C16H23N3O2. The lowest BCUT2D eigenvalue weighted by molar-refractivity contribution is -0.134. The Balaban J connectivity index is 1.86. The lowest BCUT2D eigenvalue weighted by atomic mass is 9.92. The molecule has 2 amide bonds. The molecular weight excluding hydrogens is 266 g/mol. The topological polar surface area (TPSA) is 62.3 Å². The normalized spacial score (nSPS) is 18.4. The van der Waals surface area contributed by atoms with Crippen molar-refractivity contribution >= 4 is 11.8 Å². The maximum absolute atomic E-state index is 12.0. The summed E-state index contributed by atoms with van der Waals surface area (Å²) >= 11 is 0. The summed E-state index contributed by atoms with van der Waals surface area (Å²) in [5.41, 5.74) is 2.25. The number of piperidine rings is 1. The van der Waals surface area contributed by atoms with Crippen molar-refractivity contribution in [2.75, 3.05) is 19.6 Å². The fourth-order valence-electron chi connectivity index (χ4n) is 2.72. The van der Waals surface area contributed by atoms with Crippen LogP contribution < -0.4 is 5.32 Å². The molecule has 2 rings (SSSR count). The van der Waals surface area contributed by atoms with Gasteiger partial charge in [-0.15, -0.1) is 0 Å². The first-order valence-electron chi connectivity index (χ1n) is 7.48. The van der Waals surface area contributed by atoms with Gasteiger partial charge in [0.2, 0.25) is 11.8 Å². The highest BCUT2D eigenvalue weighted by Gasteiger charge is 2.23. The molecule has 1 N–H and O–H groups in total. The molecule has 0 bridgehead atoms. The van der Waals surface area contributed by atoms with E-state index in [2.05, 4.69) is 16.4 Å². The largest absolute Gasteiger partial charge is 0.347 e. The van der Waals surface area contributed by atoms with Gasteiger partial charge in [0, 0.05) is 31.9 Å². The lowest BCUT2D eigenvalue weighted by Gasteiger charge is -2.33. The number of hydrogen-bond acceptors (Lipinski definition) is 3. The average molecular weight is 289 g/mol. The van der Waals surface area contributed by atoms with E-state index in [1.54, 1.807) is 0 Å². The fourth-order valence-corrected chi connectivity index (χ4v) is 2.72. The van der Waals surface area contributed by atoms with E-state index in [9.17, 15) is 9.59 Å². The monoisotopic (exact) mass is 289 g/mol. The first-order chi connectivity index (χ1) is 10.0. The molecule has 0 saturated carbocycles. The number of aromatic nitrogens is 1. The van der Waals surface area contributed by atoms with Crippen LogP contribution in [0, 0.1) is 12.8 Å². The van der Waals surface area contributed by atoms with Gasteiger partial charge in [-0.3, -0.25) is 14.6 Å². The third-order valence-corrected chi connectivity index (χ3v) is 3.86. The number of nitrogens with zero attached hydrogens (tertiary/aromatic N) is 2. The number of pyridine rings is 1. The van der Waals surface area contributed by atoms with Crippen molar-refractivity contribution in [2.24, 2.45) is 5.92 Å². The Kier molecular flexibility index (Phi) is 5.31. The Morgan fingerprint density at radius 3 is 2.90 bits per heavy atom. The molecule has 2 heterocycles. The lowest BCUT2D eigenvalue weighted by Crippen LogP contribution is -2.45. The smallest absolute Gasteiger partial charge is 0.241 e. The van der Waals surface area contributed by atoms with Crippen LogP contribution in [-0.2, 0) is 16.0 Å². The van der Waals surface area contributed by atoms with Crippen LogP contribution in [0.25, 0.3) is 0 Å². The predicted octanol–water partition coefficient (Wildman–Crippen LogP) is 1.31. The van der Waals surface area contributed by atoms with Gasteiger partial charge >= 0.3 is 0 Å². The van der Waals surface area contributed by atoms with E-state index < -0.39 is 0 Å². The molecule has 0 spiro atoms. The van der Waals surface area contributed by atoms with E-state index in [-0.39, 0.29) is 18.4 Å². The highest BCUT2D eigenvalue weighted by atomic mass is 16.2. The molecule has 0 aliphatic carbocycles. The van der Waals surface area contributed by atoms with E-state index in [1.807, 2.05) is 24.1 Å². The number of hydrogen-bond donors (Lipinski definition) is 1. The van der Waals surface area contributed by atoms with Gasteiger partial charge in [0.15, 0.2) is 0 Å². The Morgan fingerprint density at radius 1 is 1.43 bits per heavy atom. The van der Waals surface area contributed by atoms with Crippen molar-refractivity contribution < 1.29 is 9.59 Å². The van der Waals surface area contributed by atoms with E-state index in [1.165, 1.54) is 12.5 Å². The summed E-state index contributed by atoms with van der Waals surface area (Å²) in [6.45, 7) is 5.07. The highest BCUT2D eigenvalue weighted by molar-refractivity contribution is 5.83. The summed E-state index contributed by atoms with van der Waals surface area (Å²) in [5, 5.41) is 2.57. The number of carbonyl (C=O) groups is 2. The molecule has 114 valence electrons. The third kappa shape index (κ3) is 4.85. The van der Waals surface area contributed by atoms with Gasteiger partial charge in [0.25, 0.3) is 0 Å². The summed E-state index contributed by atoms with van der Waals surface area (Å²) in [6.07, 6.45) is 5.04. The molecule has 1 unspecified atom stereocenters. The van der Waals surface area contributed by atoms with Crippen molar-refractivity contribution in [3.63, 3.8) is 0 Å². The van der Waals surface area contributed by atoms with Crippen molar-refractivity contribution in [1.29, 1.82) is 0 Å². The number of amides is 2. The molecule has 1 aliphatic heterocycles. The van der Waals surface area contributed by atoms with Crippen LogP contribution in [0.2, 0.25) is 0 Å². The number of rotatable bonds is 4. The fraction of sp³-hybridized carbons (Fsp3) is 0.562. The summed E-state index contributed by atoms with van der Waals surface area (Å²) in [4.78, 5) is 29.1. The average Bonchev–Trinajstić information content (AvgIpc) is 2.47. The molecule has 0 aromatic carbocycles. The minimum absolute atomic E-state index is 0.0110. The number of nitrogens with one attached hydrogen (secondary N) is 1. The molecule has 1 aromatic rings. The number of aryl methyl sites for hydroxylation is 1. The van der Waals surface area contributed by atoms with Crippen LogP contribution in [0.15, 0.2) is 18.3 Å². The van der Waals surface area contributed by atoms with Gasteiger partial charge in [-0.05, 0) is 43.7 Å². The molecule has 1 aliphatic rings. The van der Waals surface area contributed by atoms with Gasteiger partial charge in [-0.1, -0.05) is 6.07 Å². The van der Waals surface area contributed by atoms with E-state index in [4.69, 9.17) is 0 Å². The zero-order valence-electron chi connectivity index (χ0n) is 12.8. The van der Waals surface area contributed by atoms with Crippen molar-refractivity contribution in [1.82, 2.24) is 15.2 Å². The van der Waals surface area contributed by atoms with E-state index >= 15 is 0 Å². The van der Waals surface area contributed by atoms with Crippen molar-refractivity contribution in [3.05, 3.63) is 29.6 Å². The van der Waals surface area contributed by atoms with E-state index in [0.717, 1.165) is 38.0 Å². The predicted molar refractivity (Wildman–Crippen MR) is 80.7 cm³/mol. The Labute approximate surface area is 125 Å². The van der Waals surface area contributed by atoms with Gasteiger partial charge in [-0.25, -0.2) is 0 Å². The third-order valence-electron chi connectivity index (χ3n) is 3.86. The second-order valence-electron chi connectivity index (χ2n) is 5.77. The van der Waals surface area contributed by atoms with Crippen molar-refractivity contribution in [3.8, 4) is 0 Å². The van der Waals surface area contributed by atoms with Gasteiger partial charge < -0.3 is 10.2 Å². The maximum Gasteiger partial charge on any atom is 0.241 e. The first-order valence-corrected chi connectivity index (χ1v) is 7.48. The van der Waals surface area contributed by atoms with Gasteiger partial charge in [0.05, 0.1) is 6.54 Å². The second-order valence-corrected chi connectivity index (χ2v) is 5.77. The van der Waals surface area contributed by atoms with Gasteiger partial charge in [0.1, 0.15) is 0 Å². The van der Waals surface area contributed by atoms with Crippen LogP contribution in [0.4, 0.5) is 0 Å². The summed E-state index contributed by atoms with van der Waals surface area (Å²) in [7, 11) is 0. The SMILES string of the molecule is CC(=O)NCC(=O)N1CCCC(Cc2ccc(C)nc2)C1. The number of likely N-dealkylation sites (tertiary alicyclic amines) is 1. The first kappa shape index (κ1) is 15.5. The summed E-state index contributed by atoms with van der Waals surface area (Å²) < 4.78 is 0. The maximum atomic E-state index is 12.0. The molecule has 0 radical (unpaired) electrons. The minimum Gasteiger partial charge on any atom is -0.347 e. The molecule has 1 saturated heterocycles. The molecule has 5 nitrogen and oxygen atoms in total. The van der Waals surface area contributed by atoms with Crippen LogP contribution >= 0.6 is 0 Å². The van der Waals surface area contributed by atoms with E-state index in [0.29, 0.717) is 5.92 Å². The van der Waals surface area contributed by atoms with Gasteiger partial charge in [-0.2, -0.15) is 0 Å². The summed E-state index contributed by atoms with van der Waals surface area (Å²) in [5.74, 6) is 0.323. The zero-order chi connectivity index (χ0) is 15.2. The Morgan fingerprint density at radius 2 is 2.24 bits per heavy atom. The minimum atomic E-state index is -0.164. The Bertz CT molecular complexity index is 499. The standard InChI is InChI=1S/C16H23N3O2/c1-12-5-6-14(9-17-12)8-15-4-3-7-19(11-15)16(21)10-18-13(2)20/h5-6,9,15H,3-4,7-8,10-11H2,1-2H3,(H,18,20). The second kappa shape index (κ2) is 7.20. The molecule has 1 aromatic heterocycles. The Hall–Kier alpha value is -1.91. The zero-order valence-corrected chi connectivity index (χ0v) is 12.8. The summed E-state index contributed by atoms with van der Waals surface area (Å²) in [6, 6.07) is 4.14. The molecule has 21 heavy (non-hydrogen) atoms. The highest BCUT2D eigenvalue weighted by Crippen LogP contribution is 2.20.